The Morgan fingerprint density at radius 2 is 1.89 bits per heavy atom. The Bertz CT molecular complexity index is 297. The molecule has 2 amide bonds. The molecule has 1 aliphatic heterocycles. The smallest absolute Gasteiger partial charge is 0.241 e. The SMILES string of the molecule is NC1CCC(C(=O)NCC(=O)N2CCCCC2)C1. The van der Waals surface area contributed by atoms with Crippen LogP contribution in [0.3, 0.4) is 0 Å². The molecule has 1 saturated carbocycles. The van der Waals surface area contributed by atoms with Gasteiger partial charge in [-0.1, -0.05) is 0 Å². The van der Waals surface area contributed by atoms with Crippen LogP contribution in [0.2, 0.25) is 0 Å². The maximum absolute atomic E-state index is 11.9. The molecule has 5 nitrogen and oxygen atoms in total. The molecule has 1 saturated heterocycles. The van der Waals surface area contributed by atoms with Crippen LogP contribution in [-0.2, 0) is 9.59 Å². The molecule has 0 aromatic rings. The molecule has 0 spiro atoms. The first-order valence-electron chi connectivity index (χ1n) is 6.98. The van der Waals surface area contributed by atoms with Crippen molar-refractivity contribution < 1.29 is 9.59 Å². The average Bonchev–Trinajstić information content (AvgIpc) is 2.83. The van der Waals surface area contributed by atoms with E-state index in [2.05, 4.69) is 5.32 Å². The maximum atomic E-state index is 11.9. The van der Waals surface area contributed by atoms with Gasteiger partial charge in [0.1, 0.15) is 0 Å². The molecule has 2 fully saturated rings. The van der Waals surface area contributed by atoms with Gasteiger partial charge in [-0.25, -0.2) is 0 Å². The lowest BCUT2D eigenvalue weighted by atomic mass is 10.1. The van der Waals surface area contributed by atoms with Gasteiger partial charge < -0.3 is 16.0 Å². The average molecular weight is 253 g/mol. The van der Waals surface area contributed by atoms with Gasteiger partial charge in [-0.15, -0.1) is 0 Å². The molecule has 102 valence electrons. The molecular formula is C13H23N3O2. The van der Waals surface area contributed by atoms with Crippen molar-refractivity contribution in [3.05, 3.63) is 0 Å². The number of nitrogens with two attached hydrogens (primary N) is 1. The molecule has 18 heavy (non-hydrogen) atoms. The van der Waals surface area contributed by atoms with Gasteiger partial charge in [-0.3, -0.25) is 9.59 Å². The first-order valence-corrected chi connectivity index (χ1v) is 6.98. The van der Waals surface area contributed by atoms with Gasteiger partial charge in [0.2, 0.25) is 11.8 Å². The van der Waals surface area contributed by atoms with Crippen LogP contribution >= 0.6 is 0 Å². The van der Waals surface area contributed by atoms with E-state index < -0.39 is 0 Å². The van der Waals surface area contributed by atoms with Gasteiger partial charge in [0.25, 0.3) is 0 Å². The van der Waals surface area contributed by atoms with Gasteiger partial charge in [-0.05, 0) is 38.5 Å². The summed E-state index contributed by atoms with van der Waals surface area (Å²) < 4.78 is 0. The third-order valence-corrected chi connectivity index (χ3v) is 3.97. The lowest BCUT2D eigenvalue weighted by molar-refractivity contribution is -0.134. The molecule has 1 heterocycles. The molecule has 0 bridgehead atoms. The highest BCUT2D eigenvalue weighted by Gasteiger charge is 2.28. The molecule has 0 aromatic carbocycles. The minimum Gasteiger partial charge on any atom is -0.347 e. The van der Waals surface area contributed by atoms with Gasteiger partial charge >= 0.3 is 0 Å². The summed E-state index contributed by atoms with van der Waals surface area (Å²) in [5.41, 5.74) is 5.78. The third-order valence-electron chi connectivity index (χ3n) is 3.97. The summed E-state index contributed by atoms with van der Waals surface area (Å²) in [6, 6.07) is 0.151. The number of piperidine rings is 1. The molecule has 1 aliphatic carbocycles. The van der Waals surface area contributed by atoms with E-state index in [0.29, 0.717) is 0 Å². The van der Waals surface area contributed by atoms with Crippen molar-refractivity contribution in [1.82, 2.24) is 10.2 Å². The van der Waals surface area contributed by atoms with E-state index in [9.17, 15) is 9.59 Å². The second-order valence-electron chi connectivity index (χ2n) is 5.43. The summed E-state index contributed by atoms with van der Waals surface area (Å²) >= 11 is 0. The van der Waals surface area contributed by atoms with Gasteiger partial charge in [0, 0.05) is 25.0 Å². The van der Waals surface area contributed by atoms with E-state index >= 15 is 0 Å². The maximum Gasteiger partial charge on any atom is 0.241 e. The van der Waals surface area contributed by atoms with Crippen LogP contribution in [0, 0.1) is 5.92 Å². The Balaban J connectivity index is 1.70. The van der Waals surface area contributed by atoms with Crippen LogP contribution in [0.4, 0.5) is 0 Å². The van der Waals surface area contributed by atoms with Gasteiger partial charge in [0.05, 0.1) is 6.54 Å². The van der Waals surface area contributed by atoms with E-state index in [4.69, 9.17) is 5.73 Å². The van der Waals surface area contributed by atoms with Crippen molar-refractivity contribution in [2.75, 3.05) is 19.6 Å². The van der Waals surface area contributed by atoms with E-state index in [0.717, 1.165) is 45.2 Å². The van der Waals surface area contributed by atoms with Crippen molar-refractivity contribution in [1.29, 1.82) is 0 Å². The summed E-state index contributed by atoms with van der Waals surface area (Å²) in [4.78, 5) is 25.6. The molecule has 5 heteroatoms. The molecule has 0 radical (unpaired) electrons. The zero-order chi connectivity index (χ0) is 13.0. The Labute approximate surface area is 108 Å². The minimum atomic E-state index is -0.00619. The fourth-order valence-corrected chi connectivity index (χ4v) is 2.82. The lowest BCUT2D eigenvalue weighted by Gasteiger charge is -2.27. The van der Waals surface area contributed by atoms with Crippen LogP contribution in [0.1, 0.15) is 38.5 Å². The summed E-state index contributed by atoms with van der Waals surface area (Å²) in [5.74, 6) is 0.0489. The molecule has 2 unspecified atom stereocenters. The quantitative estimate of drug-likeness (QED) is 0.756. The summed E-state index contributed by atoms with van der Waals surface area (Å²) in [6.45, 7) is 1.82. The standard InChI is InChI=1S/C13H23N3O2/c14-11-5-4-10(8-11)13(18)15-9-12(17)16-6-2-1-3-7-16/h10-11H,1-9,14H2,(H,15,18). The predicted molar refractivity (Wildman–Crippen MR) is 68.8 cm³/mol. The number of likely N-dealkylation sites (tertiary alicyclic amines) is 1. The summed E-state index contributed by atoms with van der Waals surface area (Å²) in [6.07, 6.45) is 5.89. The molecule has 3 N–H and O–H groups in total. The van der Waals surface area contributed by atoms with Gasteiger partial charge in [0.15, 0.2) is 0 Å². The van der Waals surface area contributed by atoms with E-state index in [1.54, 1.807) is 0 Å². The van der Waals surface area contributed by atoms with Crippen molar-refractivity contribution in [2.45, 2.75) is 44.6 Å². The topological polar surface area (TPSA) is 75.4 Å². The fourth-order valence-electron chi connectivity index (χ4n) is 2.82. The lowest BCUT2D eigenvalue weighted by Crippen LogP contribution is -2.43. The number of rotatable bonds is 3. The highest BCUT2D eigenvalue weighted by atomic mass is 16.2. The second-order valence-corrected chi connectivity index (χ2v) is 5.43. The number of carbonyl (C=O) groups is 2. The Morgan fingerprint density at radius 1 is 1.17 bits per heavy atom. The Morgan fingerprint density at radius 3 is 2.50 bits per heavy atom. The van der Waals surface area contributed by atoms with Crippen molar-refractivity contribution in [3.8, 4) is 0 Å². The van der Waals surface area contributed by atoms with Crippen LogP contribution in [0.25, 0.3) is 0 Å². The molecule has 2 aliphatic rings. The van der Waals surface area contributed by atoms with Crippen molar-refractivity contribution >= 4 is 11.8 Å². The van der Waals surface area contributed by atoms with Crippen LogP contribution < -0.4 is 11.1 Å². The first kappa shape index (κ1) is 13.3. The zero-order valence-electron chi connectivity index (χ0n) is 10.9. The monoisotopic (exact) mass is 253 g/mol. The number of carbonyl (C=O) groups excluding carboxylic acids is 2. The highest BCUT2D eigenvalue weighted by molar-refractivity contribution is 5.86. The summed E-state index contributed by atoms with van der Waals surface area (Å²) in [5, 5.41) is 2.76. The largest absolute Gasteiger partial charge is 0.347 e. The molecule has 0 aromatic heterocycles. The molecular weight excluding hydrogens is 230 g/mol. The second kappa shape index (κ2) is 6.18. The number of hydrogen-bond donors (Lipinski definition) is 2. The van der Waals surface area contributed by atoms with Crippen molar-refractivity contribution in [3.63, 3.8) is 0 Å². The Hall–Kier alpha value is -1.10. The minimum absolute atomic E-state index is 0.00619. The van der Waals surface area contributed by atoms with Crippen LogP contribution in [-0.4, -0.2) is 42.4 Å². The number of nitrogens with zero attached hydrogens (tertiary/aromatic N) is 1. The van der Waals surface area contributed by atoms with Crippen LogP contribution in [0.15, 0.2) is 0 Å². The van der Waals surface area contributed by atoms with Crippen LogP contribution in [0.5, 0.6) is 0 Å². The Kier molecular flexibility index (Phi) is 4.58. The zero-order valence-corrected chi connectivity index (χ0v) is 10.9. The van der Waals surface area contributed by atoms with Gasteiger partial charge in [-0.2, -0.15) is 0 Å². The van der Waals surface area contributed by atoms with Crippen molar-refractivity contribution in [2.24, 2.45) is 11.7 Å². The normalized spacial score (nSPS) is 28.2. The predicted octanol–water partition coefficient (Wildman–Crippen LogP) is 0.242. The van der Waals surface area contributed by atoms with E-state index in [-0.39, 0.29) is 30.3 Å². The number of hydrogen-bond acceptors (Lipinski definition) is 3. The first-order chi connectivity index (χ1) is 8.66. The fraction of sp³-hybridized carbons (Fsp3) is 0.846. The summed E-state index contributed by atoms with van der Waals surface area (Å²) in [7, 11) is 0. The highest BCUT2D eigenvalue weighted by Crippen LogP contribution is 2.23. The number of nitrogens with one attached hydrogen (secondary N) is 1. The third kappa shape index (κ3) is 3.45. The van der Waals surface area contributed by atoms with E-state index in [1.807, 2.05) is 4.90 Å². The molecule has 2 rings (SSSR count). The van der Waals surface area contributed by atoms with E-state index in [1.165, 1.54) is 6.42 Å². The number of amides is 2. The molecule has 2 atom stereocenters.